The summed E-state index contributed by atoms with van der Waals surface area (Å²) in [7, 11) is 8.08. The SMILES string of the molecule is CC[C@H](C)[C@@H]1NC(=O)[C@H](CC(C)C)N(C)C(=O)C[C@@H](C(=O)N2CCCCC2)N(C)C(=O)[C@H](C(C)C)N(C)C(=O)C2(CCCC2)NC(=O)[C@@H]2CCCN2C(=O)[C@H](CCc2ccc(C(F)(F)F)c(Cl)c2)NC(=O)CN(C)C(=O)[C@H](CO)N(C)C(=O)[C@@H]2CCN2C(=O)[C@H](C)N(C)C1=O. The lowest BCUT2D eigenvalue weighted by Gasteiger charge is -2.45. The number of likely N-dealkylation sites (N-methyl/N-ethyl adjacent to an activating group) is 6. The van der Waals surface area contributed by atoms with Crippen molar-refractivity contribution < 1.29 is 75.8 Å². The fraction of sp³-hybridized carbons (Fsp3) is 0.727. The van der Waals surface area contributed by atoms with E-state index in [1.54, 1.807) is 25.7 Å². The number of aliphatic hydroxyl groups excluding tert-OH is 1. The van der Waals surface area contributed by atoms with E-state index in [0.29, 0.717) is 51.6 Å². The van der Waals surface area contributed by atoms with E-state index < -0.39 is 179 Å². The topological polar surface area (TPSA) is 290 Å². The van der Waals surface area contributed by atoms with E-state index >= 15 is 9.59 Å². The number of carbonyl (C=O) groups excluding carboxylic acids is 12. The molecule has 4 N–H and O–H groups in total. The average molecular weight is 1360 g/mol. The molecule has 29 heteroatoms. The quantitative estimate of drug-likeness (QED) is 0.262. The highest BCUT2D eigenvalue weighted by Gasteiger charge is 2.51. The lowest BCUT2D eigenvalue weighted by Crippen LogP contribution is -2.65. The Morgan fingerprint density at radius 3 is 1.87 bits per heavy atom. The summed E-state index contributed by atoms with van der Waals surface area (Å²) in [6, 6.07) is -8.74. The Morgan fingerprint density at radius 2 is 1.32 bits per heavy atom. The number of aryl methyl sites for hydroxylation is 1. The van der Waals surface area contributed by atoms with Crippen LogP contribution < -0.4 is 16.0 Å². The van der Waals surface area contributed by atoms with E-state index in [0.717, 1.165) is 33.3 Å². The lowest BCUT2D eigenvalue weighted by atomic mass is 9.91. The molecule has 1 spiro atoms. The number of aliphatic hydroxyl groups is 1. The maximum atomic E-state index is 15.3. The zero-order chi connectivity index (χ0) is 70.9. The Kier molecular flexibility index (Phi) is 26.5. The number of rotatable bonds is 10. The van der Waals surface area contributed by atoms with Crippen LogP contribution in [0, 0.1) is 17.8 Å². The molecule has 1 aliphatic carbocycles. The Bertz CT molecular complexity index is 3020. The number of amides is 12. The molecular weight excluding hydrogens is 1260 g/mol. The summed E-state index contributed by atoms with van der Waals surface area (Å²) in [5, 5.41) is 18.6. The molecule has 95 heavy (non-hydrogen) atoms. The van der Waals surface area contributed by atoms with Crippen LogP contribution in [-0.4, -0.2) is 262 Å². The van der Waals surface area contributed by atoms with Crippen molar-refractivity contribution in [3.63, 3.8) is 0 Å². The second kappa shape index (κ2) is 32.8. The maximum absolute atomic E-state index is 15.3. The summed E-state index contributed by atoms with van der Waals surface area (Å²) in [6.45, 7) is 11.2. The van der Waals surface area contributed by atoms with Crippen molar-refractivity contribution in [2.24, 2.45) is 17.8 Å². The second-order valence-corrected chi connectivity index (χ2v) is 27.8. The smallest absolute Gasteiger partial charge is 0.394 e. The van der Waals surface area contributed by atoms with E-state index in [2.05, 4.69) is 16.0 Å². The number of nitrogens with one attached hydrogen (secondary N) is 3. The third-order valence-electron chi connectivity index (χ3n) is 20.1. The minimum atomic E-state index is -4.77. The normalized spacial score (nSPS) is 27.5. The molecule has 12 amide bonds. The first-order valence-corrected chi connectivity index (χ1v) is 33.8. The minimum Gasteiger partial charge on any atom is -0.394 e. The zero-order valence-electron chi connectivity index (χ0n) is 57.4. The third kappa shape index (κ3) is 17.7. The number of fused-ring (bicyclic) bond motifs is 2. The predicted octanol–water partition coefficient (Wildman–Crippen LogP) is 3.05. The van der Waals surface area contributed by atoms with Crippen molar-refractivity contribution in [2.45, 2.75) is 211 Å². The van der Waals surface area contributed by atoms with Crippen LogP contribution in [-0.2, 0) is 70.1 Å². The van der Waals surface area contributed by atoms with Gasteiger partial charge < -0.3 is 65.2 Å². The van der Waals surface area contributed by atoms with Crippen LogP contribution in [0.2, 0.25) is 5.02 Å². The van der Waals surface area contributed by atoms with Crippen molar-refractivity contribution in [1.82, 2.24) is 60.0 Å². The first-order valence-electron chi connectivity index (χ1n) is 33.4. The van der Waals surface area contributed by atoms with Gasteiger partial charge in [0.2, 0.25) is 70.9 Å². The number of hydrogen-bond acceptors (Lipinski definition) is 13. The number of hydrogen-bond donors (Lipinski definition) is 4. The van der Waals surface area contributed by atoms with Gasteiger partial charge in [0, 0.05) is 68.5 Å². The number of carbonyl (C=O) groups is 12. The molecule has 1 aromatic carbocycles. The van der Waals surface area contributed by atoms with Crippen LogP contribution in [0.3, 0.4) is 0 Å². The Hall–Kier alpha value is -7.10. The van der Waals surface area contributed by atoms with Crippen LogP contribution in [0.4, 0.5) is 13.2 Å². The molecule has 0 bridgehead atoms. The van der Waals surface area contributed by atoms with Crippen LogP contribution in [0.25, 0.3) is 0 Å². The minimum absolute atomic E-state index is 0.00108. The molecule has 0 radical (unpaired) electrons. The van der Waals surface area contributed by atoms with E-state index in [1.165, 1.54) is 79.8 Å². The number of nitrogens with zero attached hydrogens (tertiary/aromatic N) is 9. The van der Waals surface area contributed by atoms with Crippen molar-refractivity contribution in [1.29, 1.82) is 0 Å². The summed E-state index contributed by atoms with van der Waals surface area (Å²) in [5.41, 5.74) is -2.43. The maximum Gasteiger partial charge on any atom is 0.417 e. The molecule has 0 aromatic heterocycles. The van der Waals surface area contributed by atoms with Gasteiger partial charge in [0.25, 0.3) is 0 Å². The average Bonchev–Trinajstić information content (AvgIpc) is 1.77. The first-order chi connectivity index (χ1) is 44.5. The number of alkyl halides is 3. The lowest BCUT2D eigenvalue weighted by molar-refractivity contribution is -0.160. The van der Waals surface area contributed by atoms with E-state index in [-0.39, 0.29) is 69.5 Å². The molecule has 530 valence electrons. The molecule has 4 saturated heterocycles. The standard InChI is InChI=1S/C66H100ClF3N12O13/c1-14-40(6)53-62(93)75(9)41(7)57(88)82-32-26-47(82)60(91)78(12)50(37-83)59(90)74(8)36-51(84)71-45(25-23-42-22-24-43(44(67)34-42)66(68,69)70)58(89)81-31-20-21-46(81)56(87)73-65(27-16-17-28-65)64(95)79(13)54(39(4)5)63(94)77(11)49(61(92)80-29-18-15-19-30-80)35-52(85)76(10)48(33-38(2)3)55(86)72-53/h22,24,34,38-41,45-50,53-54,83H,14-21,23,25-33,35-37H2,1-13H3,(H,71,84)(H,72,86)(H,73,87)/t40-,41-,45-,46-,47-,48-,49-,50-,53-,54-/m0/s1. The van der Waals surface area contributed by atoms with Crippen LogP contribution >= 0.6 is 11.6 Å². The third-order valence-corrected chi connectivity index (χ3v) is 20.4. The highest BCUT2D eigenvalue weighted by Crippen LogP contribution is 2.37. The fourth-order valence-corrected chi connectivity index (χ4v) is 14.0. The van der Waals surface area contributed by atoms with Gasteiger partial charge >= 0.3 is 6.18 Å². The van der Waals surface area contributed by atoms with Crippen molar-refractivity contribution in [3.8, 4) is 0 Å². The van der Waals surface area contributed by atoms with E-state index in [1.807, 2.05) is 20.8 Å². The Morgan fingerprint density at radius 1 is 0.684 bits per heavy atom. The highest BCUT2D eigenvalue weighted by atomic mass is 35.5. The molecule has 6 rings (SSSR count). The molecule has 1 saturated carbocycles. The van der Waals surface area contributed by atoms with E-state index in [4.69, 9.17) is 11.6 Å². The molecule has 5 aliphatic rings. The van der Waals surface area contributed by atoms with Gasteiger partial charge in [-0.15, -0.1) is 0 Å². The summed E-state index contributed by atoms with van der Waals surface area (Å²) < 4.78 is 41.3. The first kappa shape index (κ1) is 76.9. The molecular formula is C66H100ClF3N12O13. The van der Waals surface area contributed by atoms with Crippen LogP contribution in [0.15, 0.2) is 18.2 Å². The molecule has 1 aromatic rings. The summed E-state index contributed by atoms with van der Waals surface area (Å²) in [4.78, 5) is 188. The molecule has 25 nitrogen and oxygen atoms in total. The number of halogens is 4. The Labute approximate surface area is 560 Å². The van der Waals surface area contributed by atoms with Crippen LogP contribution in [0.1, 0.15) is 149 Å². The molecule has 4 aliphatic heterocycles. The fourth-order valence-electron chi connectivity index (χ4n) is 13.7. The van der Waals surface area contributed by atoms with Gasteiger partial charge in [-0.05, 0) is 113 Å². The van der Waals surface area contributed by atoms with Gasteiger partial charge in [0.05, 0.1) is 30.2 Å². The van der Waals surface area contributed by atoms with Gasteiger partial charge in [-0.2, -0.15) is 13.2 Å². The van der Waals surface area contributed by atoms with Gasteiger partial charge in [-0.1, -0.05) is 78.5 Å². The van der Waals surface area contributed by atoms with Gasteiger partial charge in [0.15, 0.2) is 0 Å². The van der Waals surface area contributed by atoms with Crippen LogP contribution in [0.5, 0.6) is 0 Å². The van der Waals surface area contributed by atoms with Crippen molar-refractivity contribution in [3.05, 3.63) is 34.3 Å². The monoisotopic (exact) mass is 1360 g/mol. The van der Waals surface area contributed by atoms with Crippen molar-refractivity contribution in [2.75, 3.05) is 81.6 Å². The second-order valence-electron chi connectivity index (χ2n) is 27.4. The Balaban J connectivity index is 1.41. The van der Waals surface area contributed by atoms with E-state index in [9.17, 15) is 66.2 Å². The molecule has 5 fully saturated rings. The number of benzene rings is 1. The molecule has 4 heterocycles. The zero-order valence-corrected chi connectivity index (χ0v) is 58.1. The predicted molar refractivity (Wildman–Crippen MR) is 345 cm³/mol. The largest absolute Gasteiger partial charge is 0.417 e. The highest BCUT2D eigenvalue weighted by molar-refractivity contribution is 6.31. The number of likely N-dealkylation sites (tertiary alicyclic amines) is 1. The summed E-state index contributed by atoms with van der Waals surface area (Å²) in [6.07, 6.45) is -1.23. The number of piperidine rings is 1. The summed E-state index contributed by atoms with van der Waals surface area (Å²) in [5.74, 6) is -9.89. The van der Waals surface area contributed by atoms with Crippen molar-refractivity contribution >= 4 is 82.5 Å². The van der Waals surface area contributed by atoms with Gasteiger partial charge in [-0.3, -0.25) is 57.5 Å². The summed E-state index contributed by atoms with van der Waals surface area (Å²) >= 11 is 6.09. The van der Waals surface area contributed by atoms with Gasteiger partial charge in [-0.25, -0.2) is 0 Å². The molecule has 0 unspecified atom stereocenters. The van der Waals surface area contributed by atoms with Gasteiger partial charge in [0.1, 0.15) is 59.9 Å². The molecule has 10 atom stereocenters.